The van der Waals surface area contributed by atoms with Crippen LogP contribution in [0.5, 0.6) is 0 Å². The highest BCUT2D eigenvalue weighted by Gasteiger charge is 2.50. The van der Waals surface area contributed by atoms with E-state index in [1.54, 1.807) is 12.1 Å². The van der Waals surface area contributed by atoms with Gasteiger partial charge in [-0.25, -0.2) is 0 Å². The van der Waals surface area contributed by atoms with Crippen LogP contribution in [0.25, 0.3) is 0 Å². The molecule has 4 N–H and O–H groups in total. The summed E-state index contributed by atoms with van der Waals surface area (Å²) >= 11 is 0. The second-order valence-electron chi connectivity index (χ2n) is 6.17. The average Bonchev–Trinajstić information content (AvgIpc) is 3.06. The van der Waals surface area contributed by atoms with E-state index in [0.717, 1.165) is 24.8 Å². The lowest BCUT2D eigenvalue weighted by Gasteiger charge is -2.29. The molecule has 112 valence electrons. The lowest BCUT2D eigenvalue weighted by atomic mass is 9.84. The Hall–Kier alpha value is -1.88. The van der Waals surface area contributed by atoms with Crippen LogP contribution >= 0.6 is 0 Å². The molecule has 2 fully saturated rings. The van der Waals surface area contributed by atoms with Gasteiger partial charge in [-0.1, -0.05) is 12.1 Å². The summed E-state index contributed by atoms with van der Waals surface area (Å²) in [5.74, 6) is -0.547. The zero-order valence-corrected chi connectivity index (χ0v) is 11.8. The molecule has 2 aliphatic carbocycles. The first kappa shape index (κ1) is 14.1. The maximum absolute atomic E-state index is 11.4. The van der Waals surface area contributed by atoms with Crippen molar-refractivity contribution in [1.82, 2.24) is 5.32 Å². The molecule has 0 radical (unpaired) electrons. The number of aliphatic carboxylic acids is 1. The fourth-order valence-electron chi connectivity index (χ4n) is 3.96. The van der Waals surface area contributed by atoms with Gasteiger partial charge in [-0.15, -0.1) is 0 Å². The number of primary amides is 1. The summed E-state index contributed by atoms with van der Waals surface area (Å²) in [4.78, 5) is 22.5. The van der Waals surface area contributed by atoms with Crippen LogP contribution in [0, 0.1) is 17.8 Å². The van der Waals surface area contributed by atoms with Gasteiger partial charge < -0.3 is 16.2 Å². The lowest BCUT2D eigenvalue weighted by Crippen LogP contribution is -2.43. The third-order valence-electron chi connectivity index (χ3n) is 4.98. The molecule has 0 aliphatic heterocycles. The highest BCUT2D eigenvalue weighted by atomic mass is 16.4. The Morgan fingerprint density at radius 2 is 1.86 bits per heavy atom. The van der Waals surface area contributed by atoms with E-state index in [1.807, 2.05) is 12.1 Å². The Labute approximate surface area is 123 Å². The molecule has 2 bridgehead atoms. The number of nitrogens with two attached hydrogens (primary N) is 1. The molecule has 0 heterocycles. The van der Waals surface area contributed by atoms with Crippen molar-refractivity contribution in [3.05, 3.63) is 35.4 Å². The van der Waals surface area contributed by atoms with Crippen LogP contribution in [0.3, 0.4) is 0 Å². The number of carboxylic acids is 1. The van der Waals surface area contributed by atoms with Gasteiger partial charge in [0.2, 0.25) is 5.91 Å². The largest absolute Gasteiger partial charge is 0.481 e. The van der Waals surface area contributed by atoms with Gasteiger partial charge in [0.05, 0.1) is 5.92 Å². The van der Waals surface area contributed by atoms with Gasteiger partial charge in [0.25, 0.3) is 0 Å². The fraction of sp³-hybridized carbons (Fsp3) is 0.500. The molecule has 0 saturated heterocycles. The van der Waals surface area contributed by atoms with Crippen molar-refractivity contribution >= 4 is 11.9 Å². The van der Waals surface area contributed by atoms with Crippen molar-refractivity contribution in [2.75, 3.05) is 0 Å². The Morgan fingerprint density at radius 3 is 2.48 bits per heavy atom. The van der Waals surface area contributed by atoms with Gasteiger partial charge in [0, 0.05) is 18.2 Å². The second kappa shape index (κ2) is 5.48. The minimum Gasteiger partial charge on any atom is -0.481 e. The molecule has 0 aromatic heterocycles. The summed E-state index contributed by atoms with van der Waals surface area (Å²) in [6.45, 7) is 0.622. The van der Waals surface area contributed by atoms with E-state index in [-0.39, 0.29) is 12.0 Å². The van der Waals surface area contributed by atoms with E-state index in [4.69, 9.17) is 5.73 Å². The fourth-order valence-corrected chi connectivity index (χ4v) is 3.96. The Bertz CT molecular complexity index is 555. The van der Waals surface area contributed by atoms with Crippen LogP contribution < -0.4 is 11.1 Å². The van der Waals surface area contributed by atoms with Crippen LogP contribution in [0.4, 0.5) is 0 Å². The molecule has 0 spiro atoms. The maximum Gasteiger partial charge on any atom is 0.308 e. The van der Waals surface area contributed by atoms with Crippen molar-refractivity contribution in [1.29, 1.82) is 0 Å². The van der Waals surface area contributed by atoms with Gasteiger partial charge in [0.15, 0.2) is 0 Å². The Balaban J connectivity index is 1.64. The quantitative estimate of drug-likeness (QED) is 0.763. The smallest absolute Gasteiger partial charge is 0.308 e. The van der Waals surface area contributed by atoms with Gasteiger partial charge in [-0.05, 0) is 48.8 Å². The van der Waals surface area contributed by atoms with Gasteiger partial charge in [-0.2, -0.15) is 0 Å². The highest BCUT2D eigenvalue weighted by molar-refractivity contribution is 5.92. The minimum atomic E-state index is -0.677. The first-order chi connectivity index (χ1) is 10.1. The average molecular weight is 288 g/mol. The number of hydrogen-bond donors (Lipinski definition) is 3. The van der Waals surface area contributed by atoms with Crippen molar-refractivity contribution < 1.29 is 14.7 Å². The molecule has 5 heteroatoms. The van der Waals surface area contributed by atoms with Crippen molar-refractivity contribution in [3.8, 4) is 0 Å². The number of rotatable bonds is 5. The zero-order chi connectivity index (χ0) is 15.0. The van der Waals surface area contributed by atoms with E-state index in [2.05, 4.69) is 5.32 Å². The van der Waals surface area contributed by atoms with E-state index >= 15 is 0 Å². The monoisotopic (exact) mass is 288 g/mol. The molecule has 1 aromatic carbocycles. The first-order valence-electron chi connectivity index (χ1n) is 7.41. The third-order valence-corrected chi connectivity index (χ3v) is 4.98. The van der Waals surface area contributed by atoms with Crippen LogP contribution in [-0.4, -0.2) is 23.0 Å². The number of carbonyl (C=O) groups is 2. The van der Waals surface area contributed by atoms with E-state index in [9.17, 15) is 14.7 Å². The van der Waals surface area contributed by atoms with Crippen LogP contribution in [-0.2, 0) is 11.3 Å². The minimum absolute atomic E-state index is 0.0667. The zero-order valence-electron chi connectivity index (χ0n) is 11.8. The second-order valence-corrected chi connectivity index (χ2v) is 6.17. The molecule has 2 aliphatic rings. The molecule has 2 saturated carbocycles. The molecule has 1 aromatic rings. The number of carbonyl (C=O) groups excluding carboxylic acids is 1. The molecule has 1 amide bonds. The van der Waals surface area contributed by atoms with E-state index in [1.165, 1.54) is 0 Å². The van der Waals surface area contributed by atoms with Crippen molar-refractivity contribution in [2.24, 2.45) is 23.5 Å². The Kier molecular flexibility index (Phi) is 3.68. The summed E-state index contributed by atoms with van der Waals surface area (Å²) in [5.41, 5.74) is 6.73. The lowest BCUT2D eigenvalue weighted by molar-refractivity contribution is -0.144. The van der Waals surface area contributed by atoms with Gasteiger partial charge in [0.1, 0.15) is 0 Å². The predicted octanol–water partition coefficient (Wildman–Crippen LogP) is 1.37. The van der Waals surface area contributed by atoms with Gasteiger partial charge in [-0.3, -0.25) is 9.59 Å². The van der Waals surface area contributed by atoms with Crippen LogP contribution in [0.2, 0.25) is 0 Å². The molecular formula is C16H20N2O3. The number of fused-ring (bicyclic) bond motifs is 2. The SMILES string of the molecule is NC(=O)c1ccc(CNC2C3CCC(C3)C2C(=O)O)cc1. The molecule has 5 nitrogen and oxygen atoms in total. The van der Waals surface area contributed by atoms with E-state index in [0.29, 0.717) is 23.9 Å². The number of nitrogens with one attached hydrogen (secondary N) is 1. The number of amides is 1. The molecule has 4 atom stereocenters. The third kappa shape index (κ3) is 2.65. The molecule has 4 unspecified atom stereocenters. The summed E-state index contributed by atoms with van der Waals surface area (Å²) in [7, 11) is 0. The van der Waals surface area contributed by atoms with Crippen LogP contribution in [0.1, 0.15) is 35.2 Å². The van der Waals surface area contributed by atoms with Crippen molar-refractivity contribution in [2.45, 2.75) is 31.8 Å². The summed E-state index contributed by atoms with van der Waals surface area (Å²) < 4.78 is 0. The normalized spacial score (nSPS) is 30.5. The summed E-state index contributed by atoms with van der Waals surface area (Å²) in [5, 5.41) is 12.8. The standard InChI is InChI=1S/C16H20N2O3/c17-15(19)10-3-1-9(2-4-10)8-18-14-12-6-5-11(7-12)13(14)16(20)21/h1-4,11-14,18H,5-8H2,(H2,17,19)(H,20,21). The topological polar surface area (TPSA) is 92.4 Å². The maximum atomic E-state index is 11.4. The molecular weight excluding hydrogens is 268 g/mol. The van der Waals surface area contributed by atoms with E-state index < -0.39 is 11.9 Å². The summed E-state index contributed by atoms with van der Waals surface area (Å²) in [6.07, 6.45) is 3.22. The highest BCUT2D eigenvalue weighted by Crippen LogP contribution is 2.48. The molecule has 3 rings (SSSR count). The van der Waals surface area contributed by atoms with Crippen molar-refractivity contribution in [3.63, 3.8) is 0 Å². The molecule has 21 heavy (non-hydrogen) atoms. The number of carboxylic acid groups (broad SMARTS) is 1. The summed E-state index contributed by atoms with van der Waals surface area (Å²) in [6, 6.07) is 7.19. The van der Waals surface area contributed by atoms with Crippen LogP contribution in [0.15, 0.2) is 24.3 Å². The Morgan fingerprint density at radius 1 is 1.19 bits per heavy atom. The van der Waals surface area contributed by atoms with Gasteiger partial charge >= 0.3 is 5.97 Å². The number of hydrogen-bond acceptors (Lipinski definition) is 3. The number of benzene rings is 1. The predicted molar refractivity (Wildman–Crippen MR) is 77.5 cm³/mol. The first-order valence-corrected chi connectivity index (χ1v) is 7.41.